The lowest BCUT2D eigenvalue weighted by Gasteiger charge is -2.29. The van der Waals surface area contributed by atoms with Crippen molar-refractivity contribution in [3.63, 3.8) is 0 Å². The average Bonchev–Trinajstić information content (AvgIpc) is 2.53. The van der Waals surface area contributed by atoms with Gasteiger partial charge in [0.25, 0.3) is 0 Å². The lowest BCUT2D eigenvalue weighted by Crippen LogP contribution is -2.36. The highest BCUT2D eigenvalue weighted by Gasteiger charge is 2.16. The molecule has 2 heterocycles. The molecule has 4 nitrogen and oxygen atoms in total. The summed E-state index contributed by atoms with van der Waals surface area (Å²) in [4.78, 5) is 11.6. The Morgan fingerprint density at radius 2 is 1.52 bits per heavy atom. The van der Waals surface area contributed by atoms with E-state index in [1.807, 2.05) is 36.4 Å². The van der Waals surface area contributed by atoms with Crippen LogP contribution in [0.3, 0.4) is 0 Å². The molecule has 0 N–H and O–H groups in total. The number of halogens is 1. The molecular weight excluding hydrogens is 286 g/mol. The van der Waals surface area contributed by atoms with Gasteiger partial charge in [0, 0.05) is 13.1 Å². The Balaban J connectivity index is 1.88. The first-order valence-corrected chi connectivity index (χ1v) is 7.38. The van der Waals surface area contributed by atoms with Crippen LogP contribution in [0.4, 0.5) is 5.69 Å². The summed E-state index contributed by atoms with van der Waals surface area (Å²) in [6.45, 7) is 3.17. The topological polar surface area (TPSA) is 38.2 Å². The largest absolute Gasteiger partial charge is 0.378 e. The number of benzene rings is 2. The van der Waals surface area contributed by atoms with E-state index < -0.39 is 0 Å². The lowest BCUT2D eigenvalue weighted by atomic mass is 10.2. The van der Waals surface area contributed by atoms with Crippen molar-refractivity contribution in [2.45, 2.75) is 0 Å². The third-order valence-corrected chi connectivity index (χ3v) is 4.06. The fourth-order valence-electron chi connectivity index (χ4n) is 2.68. The van der Waals surface area contributed by atoms with E-state index in [-0.39, 0.29) is 0 Å². The van der Waals surface area contributed by atoms with Gasteiger partial charge in [-0.25, -0.2) is 9.97 Å². The number of anilines is 1. The molecular formula is C16H14ClN3O. The first-order chi connectivity index (χ1) is 10.3. The first kappa shape index (κ1) is 12.8. The monoisotopic (exact) mass is 299 g/mol. The van der Waals surface area contributed by atoms with Crippen molar-refractivity contribution in [3.05, 3.63) is 41.4 Å². The minimum Gasteiger partial charge on any atom is -0.378 e. The van der Waals surface area contributed by atoms with Crippen LogP contribution in [-0.2, 0) is 4.74 Å². The van der Waals surface area contributed by atoms with Crippen LogP contribution in [0.25, 0.3) is 22.1 Å². The summed E-state index contributed by atoms with van der Waals surface area (Å²) in [6, 6.07) is 11.8. The molecule has 106 valence electrons. The van der Waals surface area contributed by atoms with Crippen LogP contribution in [-0.4, -0.2) is 36.3 Å². The highest BCUT2D eigenvalue weighted by molar-refractivity contribution is 6.34. The summed E-state index contributed by atoms with van der Waals surface area (Å²) >= 11 is 6.44. The van der Waals surface area contributed by atoms with Gasteiger partial charge in [0.1, 0.15) is 0 Å². The lowest BCUT2D eigenvalue weighted by molar-refractivity contribution is 0.122. The number of rotatable bonds is 1. The Morgan fingerprint density at radius 3 is 2.19 bits per heavy atom. The van der Waals surface area contributed by atoms with Gasteiger partial charge >= 0.3 is 0 Å². The van der Waals surface area contributed by atoms with Crippen molar-refractivity contribution >= 4 is 39.4 Å². The molecule has 0 saturated carbocycles. The molecule has 3 aromatic rings. The number of nitrogens with zero attached hydrogens (tertiary/aromatic N) is 3. The second kappa shape index (κ2) is 5.13. The average molecular weight is 300 g/mol. The highest BCUT2D eigenvalue weighted by Crippen LogP contribution is 2.31. The molecule has 0 amide bonds. The van der Waals surface area contributed by atoms with E-state index in [4.69, 9.17) is 21.3 Å². The summed E-state index contributed by atoms with van der Waals surface area (Å²) in [5, 5.41) is 0.717. The van der Waals surface area contributed by atoms with E-state index in [1.54, 1.807) is 0 Å². The van der Waals surface area contributed by atoms with Crippen LogP contribution in [0, 0.1) is 0 Å². The van der Waals surface area contributed by atoms with E-state index >= 15 is 0 Å². The van der Waals surface area contributed by atoms with Crippen LogP contribution in [0.15, 0.2) is 36.4 Å². The Labute approximate surface area is 127 Å². The molecule has 0 radical (unpaired) electrons. The van der Waals surface area contributed by atoms with Gasteiger partial charge in [0.2, 0.25) is 0 Å². The van der Waals surface area contributed by atoms with Crippen LogP contribution in [0.2, 0.25) is 5.02 Å². The van der Waals surface area contributed by atoms with Crippen molar-refractivity contribution < 1.29 is 4.74 Å². The standard InChI is InChI=1S/C16H14ClN3O/c17-11-9-14-15(10-16(11)20-5-7-21-8-6-20)19-13-4-2-1-3-12(13)18-14/h1-4,9-10H,5-8H2. The van der Waals surface area contributed by atoms with Crippen molar-refractivity contribution in [1.82, 2.24) is 9.97 Å². The fourth-order valence-corrected chi connectivity index (χ4v) is 2.96. The molecule has 0 atom stereocenters. The van der Waals surface area contributed by atoms with Crippen LogP contribution in [0.5, 0.6) is 0 Å². The predicted octanol–water partition coefficient (Wildman–Crippen LogP) is 3.27. The molecule has 0 unspecified atom stereocenters. The van der Waals surface area contributed by atoms with Gasteiger partial charge in [0.05, 0.1) is 46.0 Å². The Hall–Kier alpha value is -1.91. The van der Waals surface area contributed by atoms with Gasteiger partial charge in [-0.1, -0.05) is 23.7 Å². The number of hydrogen-bond acceptors (Lipinski definition) is 4. The third kappa shape index (κ3) is 2.30. The number of fused-ring (bicyclic) bond motifs is 2. The molecule has 1 aliphatic heterocycles. The molecule has 4 rings (SSSR count). The van der Waals surface area contributed by atoms with Gasteiger partial charge in [-0.3, -0.25) is 0 Å². The molecule has 0 spiro atoms. The number of ether oxygens (including phenoxy) is 1. The number of morpholine rings is 1. The molecule has 2 aromatic carbocycles. The summed E-state index contributed by atoms with van der Waals surface area (Å²) in [7, 11) is 0. The number of aromatic nitrogens is 2. The van der Waals surface area contributed by atoms with Crippen LogP contribution < -0.4 is 4.90 Å². The normalized spacial score (nSPS) is 15.8. The van der Waals surface area contributed by atoms with Gasteiger partial charge in [0.15, 0.2) is 0 Å². The van der Waals surface area contributed by atoms with Crippen molar-refractivity contribution in [2.75, 3.05) is 31.2 Å². The minimum absolute atomic E-state index is 0.717. The van der Waals surface area contributed by atoms with Gasteiger partial charge in [-0.2, -0.15) is 0 Å². The molecule has 1 aromatic heterocycles. The number of para-hydroxylation sites is 2. The predicted molar refractivity (Wildman–Crippen MR) is 85.1 cm³/mol. The summed E-state index contributed by atoms with van der Waals surface area (Å²) < 4.78 is 5.39. The van der Waals surface area contributed by atoms with E-state index in [0.29, 0.717) is 5.02 Å². The van der Waals surface area contributed by atoms with Crippen molar-refractivity contribution in [2.24, 2.45) is 0 Å². The Bertz CT molecular complexity index is 815. The zero-order valence-electron chi connectivity index (χ0n) is 11.4. The van der Waals surface area contributed by atoms with Crippen molar-refractivity contribution in [3.8, 4) is 0 Å². The third-order valence-electron chi connectivity index (χ3n) is 3.76. The SMILES string of the molecule is Clc1cc2nc3ccccc3nc2cc1N1CCOCC1. The van der Waals surface area contributed by atoms with E-state index in [0.717, 1.165) is 54.1 Å². The van der Waals surface area contributed by atoms with Crippen molar-refractivity contribution in [1.29, 1.82) is 0 Å². The molecule has 1 fully saturated rings. The van der Waals surface area contributed by atoms with E-state index in [1.165, 1.54) is 0 Å². The maximum Gasteiger partial charge on any atom is 0.0916 e. The zero-order chi connectivity index (χ0) is 14.2. The van der Waals surface area contributed by atoms with Gasteiger partial charge in [-0.05, 0) is 24.3 Å². The van der Waals surface area contributed by atoms with Gasteiger partial charge < -0.3 is 9.64 Å². The second-order valence-electron chi connectivity index (χ2n) is 5.10. The summed E-state index contributed by atoms with van der Waals surface area (Å²) in [5.74, 6) is 0. The first-order valence-electron chi connectivity index (χ1n) is 7.00. The second-order valence-corrected chi connectivity index (χ2v) is 5.51. The summed E-state index contributed by atoms with van der Waals surface area (Å²) in [5.41, 5.74) is 4.51. The molecule has 1 aliphatic rings. The molecule has 5 heteroatoms. The number of hydrogen-bond donors (Lipinski definition) is 0. The fraction of sp³-hybridized carbons (Fsp3) is 0.250. The molecule has 1 saturated heterocycles. The minimum atomic E-state index is 0.717. The highest BCUT2D eigenvalue weighted by atomic mass is 35.5. The van der Waals surface area contributed by atoms with E-state index in [9.17, 15) is 0 Å². The van der Waals surface area contributed by atoms with E-state index in [2.05, 4.69) is 9.88 Å². The van der Waals surface area contributed by atoms with Crippen LogP contribution >= 0.6 is 11.6 Å². The maximum absolute atomic E-state index is 6.44. The zero-order valence-corrected chi connectivity index (χ0v) is 12.2. The van der Waals surface area contributed by atoms with Crippen LogP contribution in [0.1, 0.15) is 0 Å². The smallest absolute Gasteiger partial charge is 0.0916 e. The Kier molecular flexibility index (Phi) is 3.13. The quantitative estimate of drug-likeness (QED) is 0.646. The van der Waals surface area contributed by atoms with Gasteiger partial charge in [-0.15, -0.1) is 0 Å². The summed E-state index contributed by atoms with van der Waals surface area (Å²) in [6.07, 6.45) is 0. The Morgan fingerprint density at radius 1 is 0.905 bits per heavy atom. The maximum atomic E-state index is 6.44. The molecule has 0 bridgehead atoms. The molecule has 0 aliphatic carbocycles. The molecule has 21 heavy (non-hydrogen) atoms.